The number of esters is 1. The Bertz CT molecular complexity index is 372. The second-order valence-corrected chi connectivity index (χ2v) is 6.36. The van der Waals surface area contributed by atoms with Crippen LogP contribution < -0.4 is 0 Å². The minimum Gasteiger partial charge on any atom is -0.465 e. The van der Waals surface area contributed by atoms with Crippen LogP contribution in [0.4, 0.5) is 0 Å². The number of nitrogens with zero attached hydrogens (tertiary/aromatic N) is 1. The second-order valence-electron chi connectivity index (χ2n) is 6.36. The summed E-state index contributed by atoms with van der Waals surface area (Å²) >= 11 is 0. The van der Waals surface area contributed by atoms with Crippen molar-refractivity contribution in [1.29, 1.82) is 0 Å². The summed E-state index contributed by atoms with van der Waals surface area (Å²) in [5, 5.41) is 10.7. The van der Waals surface area contributed by atoms with Crippen LogP contribution in [-0.4, -0.2) is 35.5 Å². The highest BCUT2D eigenvalue weighted by molar-refractivity contribution is 5.94. The number of rotatable bonds is 3. The van der Waals surface area contributed by atoms with Crippen LogP contribution in [0.25, 0.3) is 0 Å². The molecule has 4 nitrogen and oxygen atoms in total. The fourth-order valence-corrected chi connectivity index (χ4v) is 2.75. The average Bonchev–Trinajstić information content (AvgIpc) is 2.31. The first-order valence-corrected chi connectivity index (χ1v) is 7.05. The lowest BCUT2D eigenvalue weighted by atomic mass is 9.57. The SMILES string of the molecule is CCOC(=O)C/N=C1\C[C@H](C)C(C)(C)[C@H](C)[C@]1(C)O. The number of hydrogen-bond acceptors (Lipinski definition) is 4. The largest absolute Gasteiger partial charge is 0.465 e. The van der Waals surface area contributed by atoms with Gasteiger partial charge in [-0.05, 0) is 37.5 Å². The van der Waals surface area contributed by atoms with Crippen LogP contribution in [0.2, 0.25) is 0 Å². The third-order valence-electron chi connectivity index (χ3n) is 5.02. The molecule has 1 rings (SSSR count). The van der Waals surface area contributed by atoms with Gasteiger partial charge in [-0.15, -0.1) is 0 Å². The van der Waals surface area contributed by atoms with Crippen molar-refractivity contribution in [1.82, 2.24) is 0 Å². The number of carbonyl (C=O) groups is 1. The van der Waals surface area contributed by atoms with Gasteiger partial charge in [0.2, 0.25) is 0 Å². The monoisotopic (exact) mass is 269 g/mol. The van der Waals surface area contributed by atoms with Gasteiger partial charge in [0, 0.05) is 5.71 Å². The zero-order valence-corrected chi connectivity index (χ0v) is 13.0. The minimum absolute atomic E-state index is 0.000802. The molecule has 0 saturated heterocycles. The van der Waals surface area contributed by atoms with Gasteiger partial charge in [0.05, 0.1) is 6.61 Å². The van der Waals surface area contributed by atoms with Gasteiger partial charge in [0.15, 0.2) is 0 Å². The molecule has 1 aliphatic carbocycles. The average molecular weight is 269 g/mol. The molecule has 0 aromatic rings. The summed E-state index contributed by atoms with van der Waals surface area (Å²) in [5.74, 6) is 0.171. The van der Waals surface area contributed by atoms with E-state index < -0.39 is 5.60 Å². The Balaban J connectivity index is 2.90. The van der Waals surface area contributed by atoms with Crippen molar-refractivity contribution in [3.8, 4) is 0 Å². The van der Waals surface area contributed by atoms with E-state index in [2.05, 4.69) is 32.7 Å². The Morgan fingerprint density at radius 1 is 1.42 bits per heavy atom. The first kappa shape index (κ1) is 16.2. The van der Waals surface area contributed by atoms with Crippen LogP contribution in [0.5, 0.6) is 0 Å². The molecule has 0 bridgehead atoms. The van der Waals surface area contributed by atoms with Crippen LogP contribution in [0.3, 0.4) is 0 Å². The lowest BCUT2D eigenvalue weighted by Gasteiger charge is -2.50. The maximum atomic E-state index is 11.4. The van der Waals surface area contributed by atoms with E-state index in [1.807, 2.05) is 0 Å². The van der Waals surface area contributed by atoms with Crippen molar-refractivity contribution in [2.24, 2.45) is 22.2 Å². The van der Waals surface area contributed by atoms with Crippen LogP contribution in [0.1, 0.15) is 48.0 Å². The van der Waals surface area contributed by atoms with E-state index in [0.717, 1.165) is 12.1 Å². The molecule has 0 unspecified atom stereocenters. The summed E-state index contributed by atoms with van der Waals surface area (Å²) in [6.45, 7) is 12.5. The van der Waals surface area contributed by atoms with Crippen molar-refractivity contribution in [2.45, 2.75) is 53.6 Å². The van der Waals surface area contributed by atoms with E-state index in [4.69, 9.17) is 4.74 Å². The molecule has 19 heavy (non-hydrogen) atoms. The molecule has 0 amide bonds. The molecule has 0 spiro atoms. The van der Waals surface area contributed by atoms with E-state index in [9.17, 15) is 9.90 Å². The van der Waals surface area contributed by atoms with Gasteiger partial charge in [0.1, 0.15) is 12.1 Å². The molecule has 3 atom stereocenters. The van der Waals surface area contributed by atoms with Gasteiger partial charge in [-0.25, -0.2) is 0 Å². The van der Waals surface area contributed by atoms with Crippen molar-refractivity contribution in [3.63, 3.8) is 0 Å². The number of ether oxygens (including phenoxy) is 1. The molecule has 1 saturated carbocycles. The lowest BCUT2D eigenvalue weighted by molar-refractivity contribution is -0.141. The molecule has 0 aromatic heterocycles. The van der Waals surface area contributed by atoms with Gasteiger partial charge in [0.25, 0.3) is 0 Å². The molecule has 0 heterocycles. The predicted molar refractivity (Wildman–Crippen MR) is 76.3 cm³/mol. The van der Waals surface area contributed by atoms with Gasteiger partial charge in [-0.1, -0.05) is 27.7 Å². The maximum Gasteiger partial charge on any atom is 0.327 e. The number of aliphatic imine (C=N–C) groups is 1. The molecule has 110 valence electrons. The predicted octanol–water partition coefficient (Wildman–Crippen LogP) is 2.44. The smallest absolute Gasteiger partial charge is 0.327 e. The Morgan fingerprint density at radius 3 is 2.53 bits per heavy atom. The van der Waals surface area contributed by atoms with Crippen molar-refractivity contribution in [3.05, 3.63) is 0 Å². The third kappa shape index (κ3) is 3.16. The van der Waals surface area contributed by atoms with Crippen LogP contribution in [0.15, 0.2) is 4.99 Å². The summed E-state index contributed by atoms with van der Waals surface area (Å²) in [7, 11) is 0. The molecule has 0 aromatic carbocycles. The highest BCUT2D eigenvalue weighted by atomic mass is 16.5. The van der Waals surface area contributed by atoms with E-state index in [1.165, 1.54) is 0 Å². The van der Waals surface area contributed by atoms with Crippen molar-refractivity contribution >= 4 is 11.7 Å². The van der Waals surface area contributed by atoms with Gasteiger partial charge < -0.3 is 9.84 Å². The Hall–Kier alpha value is -0.900. The molecule has 1 fully saturated rings. The van der Waals surface area contributed by atoms with E-state index >= 15 is 0 Å². The zero-order valence-electron chi connectivity index (χ0n) is 13.0. The third-order valence-corrected chi connectivity index (χ3v) is 5.02. The molecule has 1 N–H and O–H groups in total. The van der Waals surface area contributed by atoms with Crippen molar-refractivity contribution in [2.75, 3.05) is 13.2 Å². The highest BCUT2D eigenvalue weighted by Crippen LogP contribution is 2.48. The molecule has 0 radical (unpaired) electrons. The molecule has 4 heteroatoms. The van der Waals surface area contributed by atoms with Gasteiger partial charge >= 0.3 is 5.97 Å². The zero-order chi connectivity index (χ0) is 14.8. The van der Waals surface area contributed by atoms with E-state index in [-0.39, 0.29) is 23.8 Å². The number of carbonyl (C=O) groups excluding carboxylic acids is 1. The second kappa shape index (κ2) is 5.61. The van der Waals surface area contributed by atoms with E-state index in [0.29, 0.717) is 12.5 Å². The van der Waals surface area contributed by atoms with E-state index in [1.54, 1.807) is 13.8 Å². The lowest BCUT2D eigenvalue weighted by Crippen LogP contribution is -2.55. The topological polar surface area (TPSA) is 58.9 Å². The van der Waals surface area contributed by atoms with Crippen LogP contribution in [-0.2, 0) is 9.53 Å². The normalized spacial score (nSPS) is 36.3. The fraction of sp³-hybridized carbons (Fsp3) is 0.867. The van der Waals surface area contributed by atoms with Crippen LogP contribution >= 0.6 is 0 Å². The number of hydrogen-bond donors (Lipinski definition) is 1. The van der Waals surface area contributed by atoms with Gasteiger partial charge in [-0.3, -0.25) is 9.79 Å². The summed E-state index contributed by atoms with van der Waals surface area (Å²) < 4.78 is 4.87. The summed E-state index contributed by atoms with van der Waals surface area (Å²) in [6, 6.07) is 0. The minimum atomic E-state index is -0.956. The summed E-state index contributed by atoms with van der Waals surface area (Å²) in [6.07, 6.45) is 0.726. The maximum absolute atomic E-state index is 11.4. The Labute approximate surface area is 116 Å². The Kier molecular flexibility index (Phi) is 4.77. The fourth-order valence-electron chi connectivity index (χ4n) is 2.75. The molecular formula is C15H27NO3. The Morgan fingerprint density at radius 2 is 2.00 bits per heavy atom. The molecule has 0 aliphatic heterocycles. The first-order valence-electron chi connectivity index (χ1n) is 7.05. The summed E-state index contributed by atoms with van der Waals surface area (Å²) in [5.41, 5.74) is -0.186. The van der Waals surface area contributed by atoms with Gasteiger partial charge in [-0.2, -0.15) is 0 Å². The first-order chi connectivity index (χ1) is 8.64. The molecular weight excluding hydrogens is 242 g/mol. The molecule has 1 aliphatic rings. The van der Waals surface area contributed by atoms with Crippen LogP contribution in [0, 0.1) is 17.3 Å². The standard InChI is InChI=1S/C15H27NO3/c1-7-19-13(17)9-16-12-8-10(2)14(4,5)11(3)15(12,6)18/h10-11,18H,7-9H2,1-6H3/b16-12+/t10-,11-,15-/m0/s1. The highest BCUT2D eigenvalue weighted by Gasteiger charge is 2.50. The van der Waals surface area contributed by atoms with Crippen molar-refractivity contribution < 1.29 is 14.6 Å². The quantitative estimate of drug-likeness (QED) is 0.801. The number of aliphatic hydroxyl groups is 1. The summed E-state index contributed by atoms with van der Waals surface area (Å²) in [4.78, 5) is 15.7.